The van der Waals surface area contributed by atoms with Gasteiger partial charge in [-0.2, -0.15) is 5.10 Å². The number of aromatic nitrogens is 2. The molecule has 7 heteroatoms. The summed E-state index contributed by atoms with van der Waals surface area (Å²) in [6.07, 6.45) is 1.59. The van der Waals surface area contributed by atoms with Crippen molar-refractivity contribution in [3.8, 4) is 11.3 Å². The zero-order chi connectivity index (χ0) is 17.1. The first-order valence-corrected chi connectivity index (χ1v) is 7.69. The molecule has 0 spiro atoms. The molecule has 7 nitrogen and oxygen atoms in total. The van der Waals surface area contributed by atoms with Crippen molar-refractivity contribution < 1.29 is 14.7 Å². The summed E-state index contributed by atoms with van der Waals surface area (Å²) in [6.45, 7) is -0.611. The molecule has 1 aliphatic rings. The Kier molecular flexibility index (Phi) is 4.41. The van der Waals surface area contributed by atoms with Crippen molar-refractivity contribution >= 4 is 11.9 Å². The number of aliphatic carboxylic acids is 1. The third-order valence-electron chi connectivity index (χ3n) is 3.83. The highest BCUT2D eigenvalue weighted by Gasteiger charge is 2.34. The van der Waals surface area contributed by atoms with Crippen LogP contribution in [0.3, 0.4) is 0 Å². The van der Waals surface area contributed by atoms with Crippen molar-refractivity contribution in [2.24, 2.45) is 0 Å². The van der Waals surface area contributed by atoms with Crippen LogP contribution in [0.25, 0.3) is 11.3 Å². The first-order valence-electron chi connectivity index (χ1n) is 7.69. The largest absolute Gasteiger partial charge is 0.480 e. The second-order valence-corrected chi connectivity index (χ2v) is 5.73. The molecule has 24 heavy (non-hydrogen) atoms. The van der Waals surface area contributed by atoms with E-state index in [1.807, 2.05) is 30.3 Å². The van der Waals surface area contributed by atoms with Crippen LogP contribution in [0.4, 0.5) is 0 Å². The average Bonchev–Trinajstić information content (AvgIpc) is 3.40. The molecule has 3 rings (SSSR count). The Balaban J connectivity index is 1.82. The maximum absolute atomic E-state index is 12.4. The van der Waals surface area contributed by atoms with Crippen molar-refractivity contribution in [2.45, 2.75) is 25.4 Å². The van der Waals surface area contributed by atoms with Gasteiger partial charge in [-0.25, -0.2) is 4.68 Å². The molecule has 0 bridgehead atoms. The topological polar surface area (TPSA) is 92.5 Å². The van der Waals surface area contributed by atoms with E-state index in [1.54, 1.807) is 6.07 Å². The number of hydrogen-bond acceptors (Lipinski definition) is 4. The summed E-state index contributed by atoms with van der Waals surface area (Å²) in [6, 6.07) is 12.2. The van der Waals surface area contributed by atoms with Crippen LogP contribution in [0.15, 0.2) is 47.3 Å². The van der Waals surface area contributed by atoms with Gasteiger partial charge in [0.1, 0.15) is 13.1 Å². The average molecular weight is 327 g/mol. The van der Waals surface area contributed by atoms with Crippen molar-refractivity contribution in [1.29, 1.82) is 0 Å². The Morgan fingerprint density at radius 3 is 2.50 bits per heavy atom. The van der Waals surface area contributed by atoms with Gasteiger partial charge in [-0.1, -0.05) is 30.3 Å². The monoisotopic (exact) mass is 327 g/mol. The number of amides is 1. The third kappa shape index (κ3) is 3.68. The molecule has 1 aliphatic carbocycles. The Morgan fingerprint density at radius 1 is 1.17 bits per heavy atom. The molecule has 1 aromatic heterocycles. The number of carboxylic acids is 1. The van der Waals surface area contributed by atoms with Crippen LogP contribution in [0.2, 0.25) is 0 Å². The van der Waals surface area contributed by atoms with Crippen LogP contribution in [-0.4, -0.2) is 44.3 Å². The van der Waals surface area contributed by atoms with Gasteiger partial charge in [0.15, 0.2) is 0 Å². The summed E-state index contributed by atoms with van der Waals surface area (Å²) in [5, 5.41) is 13.2. The molecule has 1 aromatic carbocycles. The highest BCUT2D eigenvalue weighted by atomic mass is 16.4. The molecule has 0 unspecified atom stereocenters. The minimum absolute atomic E-state index is 0.0402. The fraction of sp³-hybridized carbons (Fsp3) is 0.294. The normalized spacial score (nSPS) is 13.5. The van der Waals surface area contributed by atoms with E-state index in [2.05, 4.69) is 5.10 Å². The minimum Gasteiger partial charge on any atom is -0.480 e. The van der Waals surface area contributed by atoms with E-state index in [0.29, 0.717) is 5.69 Å². The van der Waals surface area contributed by atoms with E-state index in [0.717, 1.165) is 23.1 Å². The van der Waals surface area contributed by atoms with E-state index in [4.69, 9.17) is 5.11 Å². The van der Waals surface area contributed by atoms with Crippen molar-refractivity contribution in [3.63, 3.8) is 0 Å². The fourth-order valence-electron chi connectivity index (χ4n) is 2.50. The molecular formula is C17H17N3O4. The highest BCUT2D eigenvalue weighted by Crippen LogP contribution is 2.26. The number of benzene rings is 1. The summed E-state index contributed by atoms with van der Waals surface area (Å²) in [4.78, 5) is 36.6. The standard InChI is InChI=1S/C17H17N3O4/c21-15-9-8-14(12-4-2-1-3-5-12)18-20(15)10-16(22)19(11-17(23)24)13-6-7-13/h1-5,8-9,13H,6-7,10-11H2,(H,23,24). The molecule has 2 aromatic rings. The van der Waals surface area contributed by atoms with E-state index in [1.165, 1.54) is 11.0 Å². The van der Waals surface area contributed by atoms with Crippen LogP contribution >= 0.6 is 0 Å². The molecule has 124 valence electrons. The van der Waals surface area contributed by atoms with Gasteiger partial charge in [0, 0.05) is 17.7 Å². The number of carbonyl (C=O) groups excluding carboxylic acids is 1. The number of carbonyl (C=O) groups is 2. The van der Waals surface area contributed by atoms with Crippen molar-refractivity contribution in [3.05, 3.63) is 52.8 Å². The van der Waals surface area contributed by atoms with Gasteiger partial charge in [0.25, 0.3) is 5.56 Å². The Morgan fingerprint density at radius 2 is 1.88 bits per heavy atom. The minimum atomic E-state index is -1.06. The van der Waals surface area contributed by atoms with Crippen LogP contribution in [-0.2, 0) is 16.1 Å². The molecule has 0 atom stereocenters. The molecule has 0 radical (unpaired) electrons. The van der Waals surface area contributed by atoms with Crippen LogP contribution < -0.4 is 5.56 Å². The Bertz CT molecular complexity index is 812. The predicted molar refractivity (Wildman–Crippen MR) is 86.3 cm³/mol. The third-order valence-corrected chi connectivity index (χ3v) is 3.83. The molecule has 1 heterocycles. The molecular weight excluding hydrogens is 310 g/mol. The summed E-state index contributed by atoms with van der Waals surface area (Å²) >= 11 is 0. The first-order chi connectivity index (χ1) is 11.5. The van der Waals surface area contributed by atoms with Crippen LogP contribution in [0, 0.1) is 0 Å². The Hall–Kier alpha value is -2.96. The number of carboxylic acid groups (broad SMARTS) is 1. The number of hydrogen-bond donors (Lipinski definition) is 1. The lowest BCUT2D eigenvalue weighted by molar-refractivity contribution is -0.145. The van der Waals surface area contributed by atoms with E-state index < -0.39 is 17.4 Å². The van der Waals surface area contributed by atoms with Gasteiger partial charge in [-0.05, 0) is 18.9 Å². The van der Waals surface area contributed by atoms with Gasteiger partial charge in [-0.15, -0.1) is 0 Å². The van der Waals surface area contributed by atoms with Gasteiger partial charge >= 0.3 is 5.97 Å². The maximum Gasteiger partial charge on any atom is 0.323 e. The summed E-state index contributed by atoms with van der Waals surface area (Å²) in [7, 11) is 0. The number of nitrogens with zero attached hydrogens (tertiary/aromatic N) is 3. The summed E-state index contributed by atoms with van der Waals surface area (Å²) < 4.78 is 1.09. The van der Waals surface area contributed by atoms with Crippen molar-refractivity contribution in [1.82, 2.24) is 14.7 Å². The molecule has 1 amide bonds. The summed E-state index contributed by atoms with van der Waals surface area (Å²) in [5.41, 5.74) is 1.02. The first kappa shape index (κ1) is 15.9. The maximum atomic E-state index is 12.4. The SMILES string of the molecule is O=C(O)CN(C(=O)Cn1nc(-c2ccccc2)ccc1=O)C1CC1. The van der Waals surface area contributed by atoms with Gasteiger partial charge in [-0.3, -0.25) is 14.4 Å². The Labute approximate surface area is 138 Å². The lowest BCUT2D eigenvalue weighted by Gasteiger charge is -2.20. The lowest BCUT2D eigenvalue weighted by Crippen LogP contribution is -2.41. The van der Waals surface area contributed by atoms with Crippen LogP contribution in [0.5, 0.6) is 0 Å². The zero-order valence-corrected chi connectivity index (χ0v) is 13.0. The van der Waals surface area contributed by atoms with Gasteiger partial charge in [0.05, 0.1) is 5.69 Å². The fourth-order valence-corrected chi connectivity index (χ4v) is 2.50. The van der Waals surface area contributed by atoms with Gasteiger partial charge in [0.2, 0.25) is 5.91 Å². The molecule has 0 saturated heterocycles. The van der Waals surface area contributed by atoms with E-state index in [9.17, 15) is 14.4 Å². The van der Waals surface area contributed by atoms with E-state index in [-0.39, 0.29) is 19.1 Å². The van der Waals surface area contributed by atoms with Crippen LogP contribution in [0.1, 0.15) is 12.8 Å². The van der Waals surface area contributed by atoms with Gasteiger partial charge < -0.3 is 10.0 Å². The lowest BCUT2D eigenvalue weighted by atomic mass is 10.1. The predicted octanol–water partition coefficient (Wildman–Crippen LogP) is 0.986. The second-order valence-electron chi connectivity index (χ2n) is 5.73. The molecule has 1 saturated carbocycles. The molecule has 0 aliphatic heterocycles. The summed E-state index contributed by atoms with van der Waals surface area (Å²) in [5.74, 6) is -1.46. The number of rotatable bonds is 6. The molecule has 1 N–H and O–H groups in total. The smallest absolute Gasteiger partial charge is 0.323 e. The zero-order valence-electron chi connectivity index (χ0n) is 13.0. The highest BCUT2D eigenvalue weighted by molar-refractivity contribution is 5.81. The second kappa shape index (κ2) is 6.66. The molecule has 1 fully saturated rings. The van der Waals surface area contributed by atoms with Crippen molar-refractivity contribution in [2.75, 3.05) is 6.54 Å². The quantitative estimate of drug-likeness (QED) is 0.854. The van der Waals surface area contributed by atoms with E-state index >= 15 is 0 Å².